The van der Waals surface area contributed by atoms with Crippen LogP contribution in [0.1, 0.15) is 52.3 Å². The Bertz CT molecular complexity index is 1430. The van der Waals surface area contributed by atoms with Crippen molar-refractivity contribution in [2.45, 2.75) is 32.7 Å². The molecule has 2 aromatic carbocycles. The number of esters is 1. The number of unbranched alkanes of at least 4 members (excludes halogenated alkanes) is 1. The van der Waals surface area contributed by atoms with E-state index in [0.29, 0.717) is 29.2 Å². The lowest BCUT2D eigenvalue weighted by Gasteiger charge is -2.23. The summed E-state index contributed by atoms with van der Waals surface area (Å²) in [7, 11) is 0. The van der Waals surface area contributed by atoms with E-state index in [0.717, 1.165) is 28.7 Å². The van der Waals surface area contributed by atoms with Gasteiger partial charge in [0.25, 0.3) is 5.78 Å². The van der Waals surface area contributed by atoms with Gasteiger partial charge in [-0.1, -0.05) is 65.4 Å². The first-order chi connectivity index (χ1) is 18.8. The minimum Gasteiger partial charge on any atom is -0.507 e. The van der Waals surface area contributed by atoms with Crippen LogP contribution in [-0.2, 0) is 14.3 Å². The molecule has 1 amide bonds. The number of anilines is 1. The number of benzene rings is 2. The van der Waals surface area contributed by atoms with Crippen LogP contribution in [0.3, 0.4) is 0 Å². The summed E-state index contributed by atoms with van der Waals surface area (Å²) in [4.78, 5) is 45.2. The van der Waals surface area contributed by atoms with Crippen molar-refractivity contribution in [2.75, 3.05) is 18.1 Å². The number of halogens is 1. The number of aliphatic hydroxyl groups is 1. The quantitative estimate of drug-likeness (QED) is 0.0710. The smallest absolute Gasteiger partial charge is 0.350 e. The molecule has 1 saturated heterocycles. The predicted octanol–water partition coefficient (Wildman–Crippen LogP) is 6.36. The van der Waals surface area contributed by atoms with E-state index in [2.05, 4.69) is 34.4 Å². The van der Waals surface area contributed by atoms with Gasteiger partial charge in [-0.15, -0.1) is 0 Å². The van der Waals surface area contributed by atoms with Gasteiger partial charge in [-0.3, -0.25) is 14.5 Å². The zero-order valence-corrected chi connectivity index (χ0v) is 23.9. The standard InChI is InChI=1S/C29H27BrN2O6S/c1-4-6-16-37-21-13-9-19(10-14-21)24(33)22-23(18-7-11-20(30)12-8-18)32(27(35)25(22)34)29-31-17(3)26(39-29)28(36)38-15-5-2/h5,7-14,23,33H,2,4,6,15-16H2,1,3H3/t23-/m1/s1. The molecule has 1 aliphatic heterocycles. The number of rotatable bonds is 10. The number of aliphatic hydroxyl groups excluding tert-OH is 1. The van der Waals surface area contributed by atoms with Crippen LogP contribution in [0.5, 0.6) is 5.75 Å². The van der Waals surface area contributed by atoms with Crippen LogP contribution in [0.2, 0.25) is 0 Å². The van der Waals surface area contributed by atoms with Gasteiger partial charge < -0.3 is 14.6 Å². The number of nitrogens with zero attached hydrogens (tertiary/aromatic N) is 2. The van der Waals surface area contributed by atoms with Crippen LogP contribution >= 0.6 is 27.3 Å². The first-order valence-electron chi connectivity index (χ1n) is 12.3. The number of amides is 1. The van der Waals surface area contributed by atoms with Gasteiger partial charge in [0.15, 0.2) is 5.13 Å². The topological polar surface area (TPSA) is 106 Å². The van der Waals surface area contributed by atoms with Crippen molar-refractivity contribution in [3.05, 3.63) is 92.9 Å². The Morgan fingerprint density at radius 1 is 1.18 bits per heavy atom. The Balaban J connectivity index is 1.79. The Morgan fingerprint density at radius 2 is 1.87 bits per heavy atom. The summed E-state index contributed by atoms with van der Waals surface area (Å²) in [6.07, 6.45) is 3.37. The summed E-state index contributed by atoms with van der Waals surface area (Å²) in [5, 5.41) is 11.5. The number of carbonyl (C=O) groups excluding carboxylic acids is 3. The average Bonchev–Trinajstić information content (AvgIpc) is 3.44. The highest BCUT2D eigenvalue weighted by Gasteiger charge is 2.48. The number of ketones is 1. The molecule has 0 radical (unpaired) electrons. The van der Waals surface area contributed by atoms with Crippen LogP contribution in [0.4, 0.5) is 5.13 Å². The maximum atomic E-state index is 13.4. The SMILES string of the molecule is C=CCOC(=O)c1sc(N2C(=O)C(=O)C(=C(O)c3ccc(OCCCC)cc3)[C@H]2c2ccc(Br)cc2)nc1C. The van der Waals surface area contributed by atoms with Crippen molar-refractivity contribution in [1.82, 2.24) is 4.98 Å². The molecule has 0 spiro atoms. The molecule has 0 saturated carbocycles. The van der Waals surface area contributed by atoms with Crippen molar-refractivity contribution in [1.29, 1.82) is 0 Å². The normalized spacial score (nSPS) is 16.4. The second kappa shape index (κ2) is 12.4. The molecule has 0 aliphatic carbocycles. The van der Waals surface area contributed by atoms with E-state index in [1.807, 2.05) is 0 Å². The Labute approximate surface area is 238 Å². The Morgan fingerprint density at radius 3 is 2.51 bits per heavy atom. The van der Waals surface area contributed by atoms with E-state index in [1.54, 1.807) is 55.5 Å². The monoisotopic (exact) mass is 610 g/mol. The molecule has 1 aliphatic rings. The molecule has 1 N–H and O–H groups in total. The summed E-state index contributed by atoms with van der Waals surface area (Å²) in [6.45, 7) is 7.84. The van der Waals surface area contributed by atoms with Gasteiger partial charge in [0.1, 0.15) is 23.0 Å². The maximum absolute atomic E-state index is 13.4. The Hall–Kier alpha value is -3.76. The van der Waals surface area contributed by atoms with E-state index in [4.69, 9.17) is 9.47 Å². The lowest BCUT2D eigenvalue weighted by molar-refractivity contribution is -0.132. The number of aromatic nitrogens is 1. The zero-order valence-electron chi connectivity index (χ0n) is 21.5. The molecular formula is C29H27BrN2O6S. The highest BCUT2D eigenvalue weighted by atomic mass is 79.9. The molecule has 1 atom stereocenters. The van der Waals surface area contributed by atoms with E-state index < -0.39 is 23.7 Å². The van der Waals surface area contributed by atoms with E-state index in [-0.39, 0.29) is 27.9 Å². The fourth-order valence-electron chi connectivity index (χ4n) is 4.06. The maximum Gasteiger partial charge on any atom is 0.350 e. The third kappa shape index (κ3) is 5.97. The number of aryl methyl sites for hydroxylation is 1. The van der Waals surface area contributed by atoms with Crippen molar-refractivity contribution in [3.8, 4) is 5.75 Å². The second-order valence-corrected chi connectivity index (χ2v) is 10.6. The number of thiazole rings is 1. The van der Waals surface area contributed by atoms with Gasteiger partial charge >= 0.3 is 11.9 Å². The second-order valence-electron chi connectivity index (χ2n) is 8.75. The van der Waals surface area contributed by atoms with Gasteiger partial charge in [-0.2, -0.15) is 0 Å². The van der Waals surface area contributed by atoms with Crippen molar-refractivity contribution >= 4 is 55.8 Å². The molecule has 8 nitrogen and oxygen atoms in total. The summed E-state index contributed by atoms with van der Waals surface area (Å²) in [6, 6.07) is 12.8. The molecule has 1 aromatic heterocycles. The average molecular weight is 612 g/mol. The number of hydrogen-bond acceptors (Lipinski definition) is 8. The van der Waals surface area contributed by atoms with Gasteiger partial charge in [-0.05, 0) is 55.3 Å². The van der Waals surface area contributed by atoms with Gasteiger partial charge in [0.2, 0.25) is 0 Å². The predicted molar refractivity (Wildman–Crippen MR) is 153 cm³/mol. The van der Waals surface area contributed by atoms with Gasteiger partial charge in [0, 0.05) is 10.0 Å². The summed E-state index contributed by atoms with van der Waals surface area (Å²) in [5.41, 5.74) is 1.23. The summed E-state index contributed by atoms with van der Waals surface area (Å²) < 4.78 is 11.6. The first-order valence-corrected chi connectivity index (χ1v) is 13.9. The van der Waals surface area contributed by atoms with E-state index in [9.17, 15) is 19.5 Å². The van der Waals surface area contributed by atoms with E-state index >= 15 is 0 Å². The lowest BCUT2D eigenvalue weighted by Crippen LogP contribution is -2.29. The minimum absolute atomic E-state index is 0.0251. The first kappa shape index (κ1) is 28.3. The lowest BCUT2D eigenvalue weighted by atomic mass is 9.95. The molecular weight excluding hydrogens is 584 g/mol. The van der Waals surface area contributed by atoms with Crippen molar-refractivity contribution < 1.29 is 29.0 Å². The van der Waals surface area contributed by atoms with Crippen molar-refractivity contribution in [2.24, 2.45) is 0 Å². The molecule has 4 rings (SSSR count). The zero-order chi connectivity index (χ0) is 28.1. The minimum atomic E-state index is -0.971. The number of Topliss-reactive ketones (excluding diaryl/α,β-unsaturated/α-hetero) is 1. The van der Waals surface area contributed by atoms with Crippen LogP contribution in [-0.4, -0.2) is 41.0 Å². The molecule has 3 aromatic rings. The highest BCUT2D eigenvalue weighted by Crippen LogP contribution is 2.44. The molecule has 202 valence electrons. The largest absolute Gasteiger partial charge is 0.507 e. The molecule has 10 heteroatoms. The third-order valence-electron chi connectivity index (χ3n) is 6.03. The van der Waals surface area contributed by atoms with Crippen LogP contribution in [0.15, 0.2) is 71.2 Å². The molecule has 0 bridgehead atoms. The molecule has 2 heterocycles. The number of hydrogen-bond donors (Lipinski definition) is 1. The van der Waals surface area contributed by atoms with Gasteiger partial charge in [-0.25, -0.2) is 9.78 Å². The molecule has 39 heavy (non-hydrogen) atoms. The Kier molecular flexibility index (Phi) is 8.98. The van der Waals surface area contributed by atoms with E-state index in [1.165, 1.54) is 11.0 Å². The highest BCUT2D eigenvalue weighted by molar-refractivity contribution is 9.10. The van der Waals surface area contributed by atoms with Crippen LogP contribution < -0.4 is 9.64 Å². The number of ether oxygens (including phenoxy) is 2. The van der Waals surface area contributed by atoms with Crippen LogP contribution in [0.25, 0.3) is 5.76 Å². The summed E-state index contributed by atoms with van der Waals surface area (Å²) >= 11 is 4.35. The molecule has 1 fully saturated rings. The van der Waals surface area contributed by atoms with Gasteiger partial charge in [0.05, 0.1) is 23.9 Å². The summed E-state index contributed by atoms with van der Waals surface area (Å²) in [5.74, 6) is -1.99. The third-order valence-corrected chi connectivity index (χ3v) is 7.70. The fraction of sp³-hybridized carbons (Fsp3) is 0.241. The number of carbonyl (C=O) groups is 3. The fourth-order valence-corrected chi connectivity index (χ4v) is 5.32. The molecule has 0 unspecified atom stereocenters. The van der Waals surface area contributed by atoms with Crippen molar-refractivity contribution in [3.63, 3.8) is 0 Å². The van der Waals surface area contributed by atoms with Crippen LogP contribution in [0, 0.1) is 6.92 Å².